The molecule has 1 aromatic heterocycles. The summed E-state index contributed by atoms with van der Waals surface area (Å²) in [5.41, 5.74) is 0. The summed E-state index contributed by atoms with van der Waals surface area (Å²) in [6.45, 7) is 1.76. The molecule has 0 saturated carbocycles. The third-order valence-electron chi connectivity index (χ3n) is 0.724. The third-order valence-corrected chi connectivity index (χ3v) is 1.12. The van der Waals surface area contributed by atoms with Crippen molar-refractivity contribution in [3.8, 4) is 0 Å². The van der Waals surface area contributed by atoms with Gasteiger partial charge in [-0.15, -0.1) is 25.3 Å². The second-order valence-electron chi connectivity index (χ2n) is 1.48. The first-order valence-electron chi connectivity index (χ1n) is 2.29. The van der Waals surface area contributed by atoms with E-state index in [1.165, 1.54) is 0 Å². The molecule has 48 valence electrons. The predicted octanol–water partition coefficient (Wildman–Crippen LogP) is 0.757. The Bertz CT molecular complexity index is 175. The van der Waals surface area contributed by atoms with Gasteiger partial charge in [0.15, 0.2) is 10.3 Å². The Kier molecular flexibility index (Phi) is 1.92. The standard InChI is InChI=1S/C4H5N3S2/c1-2-5-3(8)7-4(9)6-2/h1H3,(H2,5,6,7,8,9). The van der Waals surface area contributed by atoms with Gasteiger partial charge in [-0.05, 0) is 6.92 Å². The van der Waals surface area contributed by atoms with E-state index in [0.717, 1.165) is 0 Å². The number of thiol groups is 2. The summed E-state index contributed by atoms with van der Waals surface area (Å²) in [4.78, 5) is 11.4. The van der Waals surface area contributed by atoms with Crippen molar-refractivity contribution in [2.24, 2.45) is 0 Å². The van der Waals surface area contributed by atoms with Crippen LogP contribution in [0.15, 0.2) is 10.3 Å². The molecule has 0 unspecified atom stereocenters. The molecule has 0 saturated heterocycles. The lowest BCUT2D eigenvalue weighted by atomic mass is 10.7. The highest BCUT2D eigenvalue weighted by Gasteiger charge is 1.93. The van der Waals surface area contributed by atoms with Gasteiger partial charge in [0.2, 0.25) is 0 Å². The lowest BCUT2D eigenvalue weighted by Gasteiger charge is -1.92. The Morgan fingerprint density at radius 3 is 1.78 bits per heavy atom. The summed E-state index contributed by atoms with van der Waals surface area (Å²) in [5.74, 6) is 0.639. The van der Waals surface area contributed by atoms with E-state index in [1.807, 2.05) is 0 Å². The van der Waals surface area contributed by atoms with Crippen LogP contribution in [0.2, 0.25) is 0 Å². The molecule has 9 heavy (non-hydrogen) atoms. The first kappa shape index (κ1) is 6.82. The summed E-state index contributed by atoms with van der Waals surface area (Å²) in [6, 6.07) is 0. The van der Waals surface area contributed by atoms with E-state index in [-0.39, 0.29) is 0 Å². The molecule has 1 aromatic rings. The molecule has 0 N–H and O–H groups in total. The third kappa shape index (κ3) is 1.83. The highest BCUT2D eigenvalue weighted by Crippen LogP contribution is 2.01. The molecule has 0 radical (unpaired) electrons. The molecule has 1 heterocycles. The van der Waals surface area contributed by atoms with Crippen molar-refractivity contribution in [3.63, 3.8) is 0 Å². The zero-order valence-corrected chi connectivity index (χ0v) is 6.52. The zero-order valence-electron chi connectivity index (χ0n) is 4.74. The lowest BCUT2D eigenvalue weighted by molar-refractivity contribution is 0.773. The van der Waals surface area contributed by atoms with Crippen molar-refractivity contribution in [1.29, 1.82) is 0 Å². The van der Waals surface area contributed by atoms with Crippen LogP contribution in [-0.2, 0) is 0 Å². The molecule has 0 aromatic carbocycles. The van der Waals surface area contributed by atoms with Gasteiger partial charge in [0.1, 0.15) is 5.82 Å². The maximum atomic E-state index is 3.91. The minimum absolute atomic E-state index is 0.410. The Balaban J connectivity index is 3.17. The van der Waals surface area contributed by atoms with Gasteiger partial charge in [0.25, 0.3) is 0 Å². The van der Waals surface area contributed by atoms with Crippen molar-refractivity contribution in [2.45, 2.75) is 17.2 Å². The SMILES string of the molecule is Cc1nc(S)nc(S)n1. The van der Waals surface area contributed by atoms with E-state index in [9.17, 15) is 0 Å². The van der Waals surface area contributed by atoms with Crippen LogP contribution < -0.4 is 0 Å². The van der Waals surface area contributed by atoms with Crippen LogP contribution in [0, 0.1) is 6.92 Å². The van der Waals surface area contributed by atoms with E-state index in [2.05, 4.69) is 40.2 Å². The van der Waals surface area contributed by atoms with Gasteiger partial charge in [-0.1, -0.05) is 0 Å². The molecule has 0 aliphatic heterocycles. The van der Waals surface area contributed by atoms with Gasteiger partial charge >= 0.3 is 0 Å². The number of aryl methyl sites for hydroxylation is 1. The predicted molar refractivity (Wildman–Crippen MR) is 39.1 cm³/mol. The Morgan fingerprint density at radius 2 is 1.44 bits per heavy atom. The van der Waals surface area contributed by atoms with E-state index in [4.69, 9.17) is 0 Å². The molecule has 3 nitrogen and oxygen atoms in total. The van der Waals surface area contributed by atoms with Crippen molar-refractivity contribution in [2.75, 3.05) is 0 Å². The second kappa shape index (κ2) is 2.53. The highest BCUT2D eigenvalue weighted by atomic mass is 32.1. The molecule has 0 amide bonds. The molecular weight excluding hydrogens is 154 g/mol. The van der Waals surface area contributed by atoms with Crippen LogP contribution in [0.4, 0.5) is 0 Å². The van der Waals surface area contributed by atoms with Crippen molar-refractivity contribution in [1.82, 2.24) is 15.0 Å². The Labute approximate surface area is 63.8 Å². The summed E-state index contributed by atoms with van der Waals surface area (Å²) >= 11 is 7.83. The Hall–Kier alpha value is -0.290. The second-order valence-corrected chi connectivity index (χ2v) is 2.28. The smallest absolute Gasteiger partial charge is 0.188 e. The van der Waals surface area contributed by atoms with Gasteiger partial charge in [-0.3, -0.25) is 0 Å². The molecule has 0 spiro atoms. The van der Waals surface area contributed by atoms with Crippen molar-refractivity contribution < 1.29 is 0 Å². The van der Waals surface area contributed by atoms with Gasteiger partial charge in [0.05, 0.1) is 0 Å². The fraction of sp³-hybridized carbons (Fsp3) is 0.250. The summed E-state index contributed by atoms with van der Waals surface area (Å²) in [7, 11) is 0. The average molecular weight is 159 g/mol. The van der Waals surface area contributed by atoms with Gasteiger partial charge in [-0.25, -0.2) is 9.97 Å². The lowest BCUT2D eigenvalue weighted by Crippen LogP contribution is -1.92. The topological polar surface area (TPSA) is 38.7 Å². The molecule has 0 aliphatic rings. The molecule has 0 bridgehead atoms. The first-order chi connectivity index (χ1) is 4.18. The van der Waals surface area contributed by atoms with E-state index < -0.39 is 0 Å². The van der Waals surface area contributed by atoms with Gasteiger partial charge in [-0.2, -0.15) is 4.98 Å². The molecule has 5 heteroatoms. The summed E-state index contributed by atoms with van der Waals surface area (Å²) < 4.78 is 0. The normalized spacial score (nSPS) is 9.67. The number of nitrogens with zero attached hydrogens (tertiary/aromatic N) is 3. The molecule has 0 atom stereocenters. The number of hydrogen-bond donors (Lipinski definition) is 2. The quantitative estimate of drug-likeness (QED) is 0.549. The minimum Gasteiger partial charge on any atom is -0.208 e. The largest absolute Gasteiger partial charge is 0.208 e. The fourth-order valence-corrected chi connectivity index (χ4v) is 1.01. The van der Waals surface area contributed by atoms with Crippen LogP contribution in [-0.4, -0.2) is 15.0 Å². The Morgan fingerprint density at radius 1 is 1.00 bits per heavy atom. The number of aromatic nitrogens is 3. The number of rotatable bonds is 0. The van der Waals surface area contributed by atoms with E-state index in [1.54, 1.807) is 6.92 Å². The first-order valence-corrected chi connectivity index (χ1v) is 3.18. The molecular formula is C4H5N3S2. The van der Waals surface area contributed by atoms with Gasteiger partial charge < -0.3 is 0 Å². The molecule has 1 rings (SSSR count). The van der Waals surface area contributed by atoms with Gasteiger partial charge in [0, 0.05) is 0 Å². The van der Waals surface area contributed by atoms with Crippen molar-refractivity contribution in [3.05, 3.63) is 5.82 Å². The van der Waals surface area contributed by atoms with Crippen LogP contribution >= 0.6 is 25.3 Å². The van der Waals surface area contributed by atoms with Crippen LogP contribution in [0.5, 0.6) is 0 Å². The average Bonchev–Trinajstić information content (AvgIpc) is 1.59. The van der Waals surface area contributed by atoms with E-state index >= 15 is 0 Å². The molecule has 0 aliphatic carbocycles. The highest BCUT2D eigenvalue weighted by molar-refractivity contribution is 7.80. The summed E-state index contributed by atoms with van der Waals surface area (Å²) in [6.07, 6.45) is 0. The van der Waals surface area contributed by atoms with Crippen LogP contribution in [0.1, 0.15) is 5.82 Å². The summed E-state index contributed by atoms with van der Waals surface area (Å²) in [5, 5.41) is 0.819. The molecule has 0 fully saturated rings. The number of hydrogen-bond acceptors (Lipinski definition) is 5. The van der Waals surface area contributed by atoms with Crippen LogP contribution in [0.25, 0.3) is 0 Å². The van der Waals surface area contributed by atoms with Crippen LogP contribution in [0.3, 0.4) is 0 Å². The fourth-order valence-electron chi connectivity index (χ4n) is 0.454. The maximum absolute atomic E-state index is 3.91. The van der Waals surface area contributed by atoms with Crippen molar-refractivity contribution >= 4 is 25.3 Å². The monoisotopic (exact) mass is 159 g/mol. The van der Waals surface area contributed by atoms with E-state index in [0.29, 0.717) is 16.1 Å². The minimum atomic E-state index is 0.410. The zero-order chi connectivity index (χ0) is 6.85. The maximum Gasteiger partial charge on any atom is 0.188 e.